The van der Waals surface area contributed by atoms with Gasteiger partial charge in [0.15, 0.2) is 0 Å². The van der Waals surface area contributed by atoms with Gasteiger partial charge < -0.3 is 0 Å². The molecule has 0 fully saturated rings. The van der Waals surface area contributed by atoms with Crippen LogP contribution in [0.4, 0.5) is 18.9 Å². The SMILES string of the molecule is Cc1ccc2c(c1)C(C)CN(c1ccc(C(F)(F)F)cc1)S2(=O)=O. The third kappa shape index (κ3) is 2.77. The fourth-order valence-corrected chi connectivity index (χ4v) is 4.77. The van der Waals surface area contributed by atoms with Gasteiger partial charge in [-0.25, -0.2) is 8.42 Å². The molecule has 0 amide bonds. The molecule has 2 aromatic rings. The molecule has 0 spiro atoms. The van der Waals surface area contributed by atoms with Gasteiger partial charge in [0.05, 0.1) is 16.1 Å². The number of hydrogen-bond donors (Lipinski definition) is 0. The number of benzene rings is 2. The van der Waals surface area contributed by atoms with Gasteiger partial charge >= 0.3 is 6.18 Å². The van der Waals surface area contributed by atoms with Crippen molar-refractivity contribution in [3.8, 4) is 0 Å². The van der Waals surface area contributed by atoms with E-state index in [1.165, 1.54) is 16.4 Å². The Morgan fingerprint density at radius 1 is 1.08 bits per heavy atom. The van der Waals surface area contributed by atoms with Crippen molar-refractivity contribution in [2.45, 2.75) is 30.8 Å². The molecule has 0 bridgehead atoms. The van der Waals surface area contributed by atoms with Gasteiger partial charge in [-0.2, -0.15) is 13.2 Å². The van der Waals surface area contributed by atoms with Crippen LogP contribution in [-0.4, -0.2) is 15.0 Å². The zero-order chi connectivity index (χ0) is 17.7. The molecule has 1 aliphatic heterocycles. The van der Waals surface area contributed by atoms with Crippen molar-refractivity contribution in [3.05, 3.63) is 59.2 Å². The lowest BCUT2D eigenvalue weighted by Crippen LogP contribution is -2.39. The molecule has 1 aliphatic rings. The zero-order valence-corrected chi connectivity index (χ0v) is 13.9. The number of halogens is 3. The Hall–Kier alpha value is -2.02. The third-order valence-electron chi connectivity index (χ3n) is 4.19. The normalized spacial score (nSPS) is 19.9. The standard InChI is InChI=1S/C17H16F3NO2S/c1-11-3-8-16-15(9-11)12(2)10-21(24(16,22)23)14-6-4-13(5-7-14)17(18,19)20/h3-9,12H,10H2,1-2H3. The molecule has 1 atom stereocenters. The smallest absolute Gasteiger partial charge is 0.266 e. The van der Waals surface area contributed by atoms with Crippen LogP contribution in [0.3, 0.4) is 0 Å². The van der Waals surface area contributed by atoms with Crippen LogP contribution in [0.2, 0.25) is 0 Å². The highest BCUT2D eigenvalue weighted by molar-refractivity contribution is 7.93. The molecule has 3 rings (SSSR count). The van der Waals surface area contributed by atoms with Gasteiger partial charge in [-0.15, -0.1) is 0 Å². The molecule has 1 heterocycles. The second-order valence-electron chi connectivity index (χ2n) is 6.02. The molecular weight excluding hydrogens is 339 g/mol. The molecule has 7 heteroatoms. The minimum Gasteiger partial charge on any atom is -0.266 e. The number of alkyl halides is 3. The van der Waals surface area contributed by atoms with E-state index in [2.05, 4.69) is 0 Å². The summed E-state index contributed by atoms with van der Waals surface area (Å²) in [5, 5.41) is 0. The van der Waals surface area contributed by atoms with E-state index in [0.29, 0.717) is 0 Å². The van der Waals surface area contributed by atoms with Crippen LogP contribution in [0.25, 0.3) is 0 Å². The monoisotopic (exact) mass is 355 g/mol. The van der Waals surface area contributed by atoms with Gasteiger partial charge in [0.25, 0.3) is 10.0 Å². The number of hydrogen-bond acceptors (Lipinski definition) is 2. The van der Waals surface area contributed by atoms with E-state index >= 15 is 0 Å². The predicted octanol–water partition coefficient (Wildman–Crippen LogP) is 4.33. The predicted molar refractivity (Wildman–Crippen MR) is 85.6 cm³/mol. The Bertz CT molecular complexity index is 874. The van der Waals surface area contributed by atoms with Crippen LogP contribution in [0.1, 0.15) is 29.5 Å². The highest BCUT2D eigenvalue weighted by atomic mass is 32.2. The van der Waals surface area contributed by atoms with Crippen molar-refractivity contribution in [2.75, 3.05) is 10.8 Å². The van der Waals surface area contributed by atoms with Crippen LogP contribution in [-0.2, 0) is 16.2 Å². The van der Waals surface area contributed by atoms with Crippen molar-refractivity contribution in [2.24, 2.45) is 0 Å². The molecule has 0 radical (unpaired) electrons. The van der Waals surface area contributed by atoms with E-state index in [9.17, 15) is 21.6 Å². The Labute approximate surface area is 138 Å². The van der Waals surface area contributed by atoms with Crippen molar-refractivity contribution < 1.29 is 21.6 Å². The summed E-state index contributed by atoms with van der Waals surface area (Å²) in [5.41, 5.74) is 1.16. The summed E-state index contributed by atoms with van der Waals surface area (Å²) in [6.45, 7) is 4.00. The number of rotatable bonds is 1. The summed E-state index contributed by atoms with van der Waals surface area (Å²) in [6, 6.07) is 9.34. The highest BCUT2D eigenvalue weighted by Crippen LogP contribution is 2.38. The molecule has 0 saturated carbocycles. The molecule has 3 nitrogen and oxygen atoms in total. The largest absolute Gasteiger partial charge is 0.416 e. The topological polar surface area (TPSA) is 37.4 Å². The number of fused-ring (bicyclic) bond motifs is 1. The van der Waals surface area contributed by atoms with Crippen molar-refractivity contribution in [1.29, 1.82) is 0 Å². The Morgan fingerprint density at radius 2 is 1.71 bits per heavy atom. The van der Waals surface area contributed by atoms with E-state index in [1.807, 2.05) is 19.9 Å². The van der Waals surface area contributed by atoms with Crippen LogP contribution in [0.5, 0.6) is 0 Å². The van der Waals surface area contributed by atoms with Crippen molar-refractivity contribution in [1.82, 2.24) is 0 Å². The first kappa shape index (κ1) is 16.8. The molecule has 128 valence electrons. The van der Waals surface area contributed by atoms with E-state index < -0.39 is 21.8 Å². The van der Waals surface area contributed by atoms with Crippen LogP contribution in [0, 0.1) is 6.92 Å². The van der Waals surface area contributed by atoms with Gasteiger partial charge in [0, 0.05) is 12.5 Å². The summed E-state index contributed by atoms with van der Waals surface area (Å²) in [6.07, 6.45) is -4.45. The van der Waals surface area contributed by atoms with Gasteiger partial charge in [0.2, 0.25) is 0 Å². The zero-order valence-electron chi connectivity index (χ0n) is 13.1. The van der Waals surface area contributed by atoms with Crippen molar-refractivity contribution >= 4 is 15.7 Å². The lowest BCUT2D eigenvalue weighted by atomic mass is 9.98. The number of nitrogens with zero attached hydrogens (tertiary/aromatic N) is 1. The molecule has 2 aromatic carbocycles. The van der Waals surface area contributed by atoms with Gasteiger partial charge in [-0.05, 0) is 42.8 Å². The number of sulfonamides is 1. The second-order valence-corrected chi connectivity index (χ2v) is 7.85. The van der Waals surface area contributed by atoms with Crippen LogP contribution < -0.4 is 4.31 Å². The average Bonchev–Trinajstić information content (AvgIpc) is 2.50. The average molecular weight is 355 g/mol. The summed E-state index contributed by atoms with van der Waals surface area (Å²) >= 11 is 0. The fourth-order valence-electron chi connectivity index (χ4n) is 2.91. The molecule has 0 N–H and O–H groups in total. The summed E-state index contributed by atoms with van der Waals surface area (Å²) in [5.74, 6) is -0.0503. The Balaban J connectivity index is 2.05. The van der Waals surface area contributed by atoms with Gasteiger partial charge in [-0.1, -0.05) is 24.6 Å². The molecule has 0 saturated heterocycles. The molecule has 24 heavy (non-hydrogen) atoms. The van der Waals surface area contributed by atoms with Crippen molar-refractivity contribution in [3.63, 3.8) is 0 Å². The number of aryl methyl sites for hydroxylation is 1. The van der Waals surface area contributed by atoms with E-state index in [4.69, 9.17) is 0 Å². The first-order chi connectivity index (χ1) is 11.1. The molecular formula is C17H16F3NO2S. The summed E-state index contributed by atoms with van der Waals surface area (Å²) in [4.78, 5) is 0.215. The van der Waals surface area contributed by atoms with E-state index in [1.54, 1.807) is 12.1 Å². The van der Waals surface area contributed by atoms with Crippen LogP contribution >= 0.6 is 0 Å². The summed E-state index contributed by atoms with van der Waals surface area (Å²) in [7, 11) is -3.78. The summed E-state index contributed by atoms with van der Waals surface area (Å²) < 4.78 is 64.9. The maximum Gasteiger partial charge on any atom is 0.416 e. The van der Waals surface area contributed by atoms with E-state index in [-0.39, 0.29) is 23.0 Å². The van der Waals surface area contributed by atoms with Gasteiger partial charge in [0.1, 0.15) is 0 Å². The second kappa shape index (κ2) is 5.51. The maximum atomic E-state index is 12.8. The first-order valence-corrected chi connectivity index (χ1v) is 8.85. The van der Waals surface area contributed by atoms with Crippen LogP contribution in [0.15, 0.2) is 47.4 Å². The lowest BCUT2D eigenvalue weighted by molar-refractivity contribution is -0.137. The number of anilines is 1. The first-order valence-electron chi connectivity index (χ1n) is 7.41. The minimum atomic E-state index is -4.45. The molecule has 1 unspecified atom stereocenters. The minimum absolute atomic E-state index is 0.0503. The molecule has 0 aliphatic carbocycles. The molecule has 0 aromatic heterocycles. The van der Waals surface area contributed by atoms with Gasteiger partial charge in [-0.3, -0.25) is 4.31 Å². The Morgan fingerprint density at radius 3 is 2.29 bits per heavy atom. The van der Waals surface area contributed by atoms with E-state index in [0.717, 1.165) is 23.3 Å². The lowest BCUT2D eigenvalue weighted by Gasteiger charge is -2.34. The quantitative estimate of drug-likeness (QED) is 0.764. The Kier molecular flexibility index (Phi) is 3.86. The maximum absolute atomic E-state index is 12.8. The third-order valence-corrected chi connectivity index (χ3v) is 6.05. The highest BCUT2D eigenvalue weighted by Gasteiger charge is 2.36. The fraction of sp³-hybridized carbons (Fsp3) is 0.294.